The van der Waals surface area contributed by atoms with E-state index in [0.717, 1.165) is 0 Å². The highest BCUT2D eigenvalue weighted by atomic mass is 32.2. The van der Waals surface area contributed by atoms with Crippen LogP contribution in [0.4, 0.5) is 5.13 Å². The van der Waals surface area contributed by atoms with Gasteiger partial charge in [0, 0.05) is 24.2 Å². The molecule has 1 aromatic heterocycles. The van der Waals surface area contributed by atoms with E-state index in [4.69, 9.17) is 0 Å². The average Bonchev–Trinajstić information content (AvgIpc) is 3.06. The van der Waals surface area contributed by atoms with Crippen LogP contribution in [0.5, 0.6) is 0 Å². The SMILES string of the molecule is CN(CC(=O)Nc1nccs1)C1=NS(=O)(=O)c2ccccc21. The first-order valence-corrected chi connectivity index (χ1v) is 8.64. The van der Waals surface area contributed by atoms with E-state index in [0.29, 0.717) is 10.7 Å². The topological polar surface area (TPSA) is 91.7 Å². The van der Waals surface area contributed by atoms with Gasteiger partial charge in [-0.05, 0) is 12.1 Å². The molecule has 3 rings (SSSR count). The zero-order chi connectivity index (χ0) is 15.7. The number of nitrogens with one attached hydrogen (secondary N) is 1. The quantitative estimate of drug-likeness (QED) is 0.908. The van der Waals surface area contributed by atoms with Gasteiger partial charge in [0.1, 0.15) is 4.90 Å². The van der Waals surface area contributed by atoms with Crippen molar-refractivity contribution in [2.24, 2.45) is 4.40 Å². The number of amidine groups is 1. The molecule has 114 valence electrons. The van der Waals surface area contributed by atoms with Crippen molar-refractivity contribution in [3.63, 3.8) is 0 Å². The first-order chi connectivity index (χ1) is 10.5. The molecule has 1 N–H and O–H groups in total. The van der Waals surface area contributed by atoms with Gasteiger partial charge in [-0.25, -0.2) is 4.98 Å². The Morgan fingerprint density at radius 3 is 2.86 bits per heavy atom. The molecule has 9 heteroatoms. The molecule has 0 saturated carbocycles. The second-order valence-electron chi connectivity index (χ2n) is 4.63. The van der Waals surface area contributed by atoms with Gasteiger partial charge in [0.05, 0.1) is 6.54 Å². The number of hydrogen-bond donors (Lipinski definition) is 1. The number of carbonyl (C=O) groups is 1. The number of benzene rings is 1. The molecule has 0 bridgehead atoms. The fraction of sp³-hybridized carbons (Fsp3) is 0.154. The predicted molar refractivity (Wildman–Crippen MR) is 83.5 cm³/mol. The third-order valence-corrected chi connectivity index (χ3v) is 5.05. The number of amides is 1. The summed E-state index contributed by atoms with van der Waals surface area (Å²) in [4.78, 5) is 17.6. The maximum absolute atomic E-state index is 12.0. The second kappa shape index (κ2) is 5.50. The zero-order valence-corrected chi connectivity index (χ0v) is 13.2. The van der Waals surface area contributed by atoms with Crippen molar-refractivity contribution in [1.82, 2.24) is 9.88 Å². The molecular formula is C13H12N4O3S2. The molecule has 2 aromatic rings. The van der Waals surface area contributed by atoms with Gasteiger partial charge in [-0.3, -0.25) is 4.79 Å². The lowest BCUT2D eigenvalue weighted by atomic mass is 10.2. The Morgan fingerprint density at radius 1 is 1.36 bits per heavy atom. The van der Waals surface area contributed by atoms with E-state index in [-0.39, 0.29) is 23.2 Å². The Morgan fingerprint density at radius 2 is 2.14 bits per heavy atom. The van der Waals surface area contributed by atoms with Crippen molar-refractivity contribution in [3.05, 3.63) is 41.4 Å². The van der Waals surface area contributed by atoms with Crippen molar-refractivity contribution in [2.75, 3.05) is 18.9 Å². The van der Waals surface area contributed by atoms with Crippen LogP contribution >= 0.6 is 11.3 Å². The van der Waals surface area contributed by atoms with Crippen LogP contribution in [0.15, 0.2) is 45.1 Å². The summed E-state index contributed by atoms with van der Waals surface area (Å²) in [6, 6.07) is 6.56. The van der Waals surface area contributed by atoms with Gasteiger partial charge >= 0.3 is 0 Å². The summed E-state index contributed by atoms with van der Waals surface area (Å²) in [6.45, 7) is -0.0255. The molecule has 0 atom stereocenters. The summed E-state index contributed by atoms with van der Waals surface area (Å²) in [6.07, 6.45) is 1.59. The summed E-state index contributed by atoms with van der Waals surface area (Å²) < 4.78 is 27.7. The molecule has 7 nitrogen and oxygen atoms in total. The minimum atomic E-state index is -3.68. The lowest BCUT2D eigenvalue weighted by Crippen LogP contribution is -2.34. The smallest absolute Gasteiger partial charge is 0.285 e. The Balaban J connectivity index is 1.79. The van der Waals surface area contributed by atoms with Crippen molar-refractivity contribution in [1.29, 1.82) is 0 Å². The summed E-state index contributed by atoms with van der Waals surface area (Å²) in [5, 5.41) is 4.90. The lowest BCUT2D eigenvalue weighted by molar-refractivity contribution is -0.116. The molecule has 22 heavy (non-hydrogen) atoms. The number of nitrogens with zero attached hydrogens (tertiary/aromatic N) is 3. The number of hydrogen-bond acceptors (Lipinski definition) is 6. The number of thiazole rings is 1. The van der Waals surface area contributed by atoms with E-state index < -0.39 is 10.0 Å². The third-order valence-electron chi connectivity index (χ3n) is 3.03. The van der Waals surface area contributed by atoms with Crippen LogP contribution < -0.4 is 5.32 Å². The van der Waals surface area contributed by atoms with Crippen LogP contribution in [0.3, 0.4) is 0 Å². The van der Waals surface area contributed by atoms with Gasteiger partial charge in [0.15, 0.2) is 11.0 Å². The molecule has 0 spiro atoms. The Labute approximate surface area is 131 Å². The molecular weight excluding hydrogens is 324 g/mol. The maximum Gasteiger partial charge on any atom is 0.285 e. The maximum atomic E-state index is 12.0. The largest absolute Gasteiger partial charge is 0.349 e. The van der Waals surface area contributed by atoms with E-state index in [9.17, 15) is 13.2 Å². The molecule has 1 amide bonds. The Bertz CT molecular complexity index is 844. The Kier molecular flexibility index (Phi) is 3.67. The predicted octanol–water partition coefficient (Wildman–Crippen LogP) is 1.16. The van der Waals surface area contributed by atoms with Crippen LogP contribution in [0.25, 0.3) is 0 Å². The number of anilines is 1. The highest BCUT2D eigenvalue weighted by molar-refractivity contribution is 7.90. The molecule has 0 saturated heterocycles. The first-order valence-electron chi connectivity index (χ1n) is 6.32. The van der Waals surface area contributed by atoms with Crippen molar-refractivity contribution in [2.45, 2.75) is 4.90 Å². The van der Waals surface area contributed by atoms with E-state index in [1.807, 2.05) is 0 Å². The van der Waals surface area contributed by atoms with Gasteiger partial charge < -0.3 is 10.2 Å². The van der Waals surface area contributed by atoms with Gasteiger partial charge in [-0.2, -0.15) is 8.42 Å². The normalized spacial score (nSPS) is 15.0. The summed E-state index contributed by atoms with van der Waals surface area (Å²) in [7, 11) is -2.06. The number of aromatic nitrogens is 1. The fourth-order valence-corrected chi connectivity index (χ4v) is 3.89. The van der Waals surface area contributed by atoms with Gasteiger partial charge in [0.25, 0.3) is 10.0 Å². The second-order valence-corrected chi connectivity index (χ2v) is 7.09. The number of rotatable bonds is 3. The average molecular weight is 336 g/mol. The molecule has 0 fully saturated rings. The Hall–Kier alpha value is -2.26. The van der Waals surface area contributed by atoms with Crippen LogP contribution in [0, 0.1) is 0 Å². The van der Waals surface area contributed by atoms with Gasteiger partial charge in [-0.1, -0.05) is 12.1 Å². The van der Waals surface area contributed by atoms with Crippen molar-refractivity contribution in [3.8, 4) is 0 Å². The van der Waals surface area contributed by atoms with Crippen LogP contribution in [-0.4, -0.2) is 43.6 Å². The van der Waals surface area contributed by atoms with Crippen LogP contribution in [-0.2, 0) is 14.8 Å². The molecule has 1 aliphatic rings. The minimum absolute atomic E-state index is 0.0255. The highest BCUT2D eigenvalue weighted by Crippen LogP contribution is 2.26. The highest BCUT2D eigenvalue weighted by Gasteiger charge is 2.30. The zero-order valence-electron chi connectivity index (χ0n) is 11.6. The summed E-state index contributed by atoms with van der Waals surface area (Å²) in [5.74, 6) is -0.0215. The van der Waals surface area contributed by atoms with Gasteiger partial charge in [-0.15, -0.1) is 15.7 Å². The molecule has 0 radical (unpaired) electrons. The van der Waals surface area contributed by atoms with Crippen LogP contribution in [0.1, 0.15) is 5.56 Å². The third kappa shape index (κ3) is 2.72. The standard InChI is InChI=1S/C13H12N4O3S2/c1-17(8-11(18)15-13-14-6-7-21-13)12-9-4-2-3-5-10(9)22(19,20)16-12/h2-7H,8H2,1H3,(H,14,15,18). The van der Waals surface area contributed by atoms with E-state index >= 15 is 0 Å². The molecule has 1 aliphatic heterocycles. The number of likely N-dealkylation sites (N-methyl/N-ethyl adjacent to an activating group) is 1. The summed E-state index contributed by atoms with van der Waals surface area (Å²) >= 11 is 1.31. The molecule has 1 aromatic carbocycles. The van der Waals surface area contributed by atoms with Gasteiger partial charge in [0.2, 0.25) is 5.91 Å². The minimum Gasteiger partial charge on any atom is -0.349 e. The number of carbonyl (C=O) groups excluding carboxylic acids is 1. The van der Waals surface area contributed by atoms with E-state index in [2.05, 4.69) is 14.7 Å². The number of fused-ring (bicyclic) bond motifs is 1. The summed E-state index contributed by atoms with van der Waals surface area (Å²) in [5.41, 5.74) is 0.507. The van der Waals surface area contributed by atoms with Crippen molar-refractivity contribution < 1.29 is 13.2 Å². The van der Waals surface area contributed by atoms with E-state index in [1.54, 1.807) is 36.8 Å². The molecule has 2 heterocycles. The molecule has 0 aliphatic carbocycles. The van der Waals surface area contributed by atoms with Crippen molar-refractivity contribution >= 4 is 38.2 Å². The van der Waals surface area contributed by atoms with E-state index in [1.165, 1.54) is 22.3 Å². The molecule has 0 unspecified atom stereocenters. The first kappa shape index (κ1) is 14.7. The number of sulfonamides is 1. The monoisotopic (exact) mass is 336 g/mol. The fourth-order valence-electron chi connectivity index (χ4n) is 2.10. The lowest BCUT2D eigenvalue weighted by Gasteiger charge is -2.17. The van der Waals surface area contributed by atoms with Crippen LogP contribution in [0.2, 0.25) is 0 Å².